The number of Topliss-reactive ketones (excluding diaryl/α,β-unsaturated/α-hetero) is 2. The Bertz CT molecular complexity index is 504. The van der Waals surface area contributed by atoms with Gasteiger partial charge in [0.15, 0.2) is 0 Å². The third-order valence-corrected chi connectivity index (χ3v) is 8.77. The number of rotatable bonds is 0. The molecule has 0 amide bonds. The second kappa shape index (κ2) is 5.42. The number of fused-ring (bicyclic) bond motifs is 2. The van der Waals surface area contributed by atoms with E-state index in [-0.39, 0.29) is 22.7 Å². The number of carbonyl (C=O) groups is 2. The Labute approximate surface area is 146 Å². The summed E-state index contributed by atoms with van der Waals surface area (Å²) >= 11 is 0. The minimum Gasteiger partial charge on any atom is -0.299 e. The zero-order valence-electron chi connectivity index (χ0n) is 15.0. The molecule has 2 unspecified atom stereocenters. The molecule has 2 atom stereocenters. The summed E-state index contributed by atoms with van der Waals surface area (Å²) in [5.74, 6) is 2.83. The predicted molar refractivity (Wildman–Crippen MR) is 93.5 cm³/mol. The lowest BCUT2D eigenvalue weighted by Crippen LogP contribution is -2.73. The summed E-state index contributed by atoms with van der Waals surface area (Å²) in [5.41, 5.74) is 0.198. The lowest BCUT2D eigenvalue weighted by molar-refractivity contribution is -0.242. The zero-order chi connectivity index (χ0) is 16.4. The molecule has 0 radical (unpaired) electrons. The fourth-order valence-electron chi connectivity index (χ4n) is 8.48. The highest BCUT2D eigenvalue weighted by Crippen LogP contribution is 2.76. The standard InChI is InChI=1S/C22H32O2/c23-17-11-15-7-3-1-5-9-21(13-15)19(17)22-10-6-2-4-8-16(14-22)12-18(24)20(21)22/h15-16,19-20H,1-14H2. The van der Waals surface area contributed by atoms with Gasteiger partial charge in [-0.05, 0) is 48.3 Å². The zero-order valence-corrected chi connectivity index (χ0v) is 15.0. The Hall–Kier alpha value is -0.660. The van der Waals surface area contributed by atoms with Crippen molar-refractivity contribution < 1.29 is 9.59 Å². The molecule has 2 nitrogen and oxygen atoms in total. The SMILES string of the molecule is O=C1CC2CCCCCC3(C2)C1C12CCCCCC(CC(=O)C31)C2. The van der Waals surface area contributed by atoms with Gasteiger partial charge in [-0.1, -0.05) is 51.4 Å². The summed E-state index contributed by atoms with van der Waals surface area (Å²) in [6.45, 7) is 0. The summed E-state index contributed by atoms with van der Waals surface area (Å²) in [4.78, 5) is 26.5. The highest BCUT2D eigenvalue weighted by atomic mass is 16.1. The van der Waals surface area contributed by atoms with E-state index in [1.54, 1.807) is 0 Å². The molecule has 0 aromatic heterocycles. The second-order valence-electron chi connectivity index (χ2n) is 10.0. The summed E-state index contributed by atoms with van der Waals surface area (Å²) in [7, 11) is 0. The Morgan fingerprint density at radius 1 is 0.625 bits per heavy atom. The maximum atomic E-state index is 13.3. The first-order valence-corrected chi connectivity index (χ1v) is 10.7. The van der Waals surface area contributed by atoms with Gasteiger partial charge in [-0.2, -0.15) is 0 Å². The predicted octanol–water partition coefficient (Wildman–Crippen LogP) is 5.09. The fourth-order valence-corrected chi connectivity index (χ4v) is 8.48. The molecule has 132 valence electrons. The molecule has 24 heavy (non-hydrogen) atoms. The van der Waals surface area contributed by atoms with Gasteiger partial charge in [0, 0.05) is 24.7 Å². The highest BCUT2D eigenvalue weighted by Gasteiger charge is 2.76. The van der Waals surface area contributed by atoms with Crippen molar-refractivity contribution in [1.29, 1.82) is 0 Å². The van der Waals surface area contributed by atoms with E-state index in [2.05, 4.69) is 0 Å². The lowest BCUT2D eigenvalue weighted by atomic mass is 9.28. The van der Waals surface area contributed by atoms with E-state index in [1.165, 1.54) is 77.0 Å². The molecule has 0 aliphatic heterocycles. The van der Waals surface area contributed by atoms with E-state index in [0.29, 0.717) is 23.4 Å². The molecular formula is C22H32O2. The van der Waals surface area contributed by atoms with Gasteiger partial charge in [0.25, 0.3) is 0 Å². The van der Waals surface area contributed by atoms with Crippen molar-refractivity contribution in [2.24, 2.45) is 34.5 Å². The topological polar surface area (TPSA) is 34.1 Å². The minimum absolute atomic E-state index is 0.0989. The molecule has 0 aromatic carbocycles. The molecule has 2 heteroatoms. The van der Waals surface area contributed by atoms with Crippen LogP contribution in [0, 0.1) is 34.5 Å². The number of ketones is 2. The van der Waals surface area contributed by atoms with Crippen LogP contribution in [-0.2, 0) is 9.59 Å². The largest absolute Gasteiger partial charge is 0.299 e. The average molecular weight is 328 g/mol. The average Bonchev–Trinajstić information content (AvgIpc) is 2.47. The molecule has 0 heterocycles. The van der Waals surface area contributed by atoms with E-state index in [0.717, 1.165) is 12.8 Å². The normalized spacial score (nSPS) is 51.2. The number of hydrogen-bond donors (Lipinski definition) is 0. The van der Waals surface area contributed by atoms with Crippen LogP contribution in [0.3, 0.4) is 0 Å². The van der Waals surface area contributed by atoms with E-state index in [4.69, 9.17) is 0 Å². The number of hydrogen-bond acceptors (Lipinski definition) is 2. The second-order valence-corrected chi connectivity index (χ2v) is 10.0. The van der Waals surface area contributed by atoms with Gasteiger partial charge in [0.05, 0.1) is 0 Å². The van der Waals surface area contributed by atoms with Crippen molar-refractivity contribution >= 4 is 11.6 Å². The van der Waals surface area contributed by atoms with E-state index < -0.39 is 0 Å². The molecule has 5 saturated carbocycles. The molecule has 5 aliphatic rings. The Morgan fingerprint density at radius 3 is 1.54 bits per heavy atom. The van der Waals surface area contributed by atoms with E-state index >= 15 is 0 Å². The van der Waals surface area contributed by atoms with Crippen LogP contribution >= 0.6 is 0 Å². The van der Waals surface area contributed by atoms with Crippen LogP contribution in [-0.4, -0.2) is 11.6 Å². The van der Waals surface area contributed by atoms with Crippen LogP contribution in [0.25, 0.3) is 0 Å². The third kappa shape index (κ3) is 1.95. The van der Waals surface area contributed by atoms with Crippen LogP contribution in [0.4, 0.5) is 0 Å². The molecular weight excluding hydrogens is 296 g/mol. The molecule has 0 aromatic rings. The van der Waals surface area contributed by atoms with Gasteiger partial charge < -0.3 is 0 Å². The van der Waals surface area contributed by atoms with Crippen LogP contribution in [0.5, 0.6) is 0 Å². The van der Waals surface area contributed by atoms with E-state index in [9.17, 15) is 9.59 Å². The van der Waals surface area contributed by atoms with Crippen molar-refractivity contribution in [2.75, 3.05) is 0 Å². The van der Waals surface area contributed by atoms with Gasteiger partial charge in [-0.15, -0.1) is 0 Å². The molecule has 5 aliphatic carbocycles. The third-order valence-electron chi connectivity index (χ3n) is 8.77. The maximum absolute atomic E-state index is 13.3. The first-order chi connectivity index (χ1) is 11.7. The van der Waals surface area contributed by atoms with Crippen molar-refractivity contribution in [3.8, 4) is 0 Å². The van der Waals surface area contributed by atoms with Crippen LogP contribution < -0.4 is 0 Å². The Morgan fingerprint density at radius 2 is 1.08 bits per heavy atom. The summed E-state index contributed by atoms with van der Waals surface area (Å²) < 4.78 is 0. The van der Waals surface area contributed by atoms with Crippen LogP contribution in [0.1, 0.15) is 89.9 Å². The van der Waals surface area contributed by atoms with Gasteiger partial charge in [-0.3, -0.25) is 9.59 Å². The molecule has 5 fully saturated rings. The molecule has 4 bridgehead atoms. The highest BCUT2D eigenvalue weighted by molar-refractivity contribution is 5.93. The van der Waals surface area contributed by atoms with Gasteiger partial charge >= 0.3 is 0 Å². The van der Waals surface area contributed by atoms with E-state index in [1.807, 2.05) is 0 Å². The van der Waals surface area contributed by atoms with Gasteiger partial charge in [0.1, 0.15) is 11.6 Å². The molecule has 2 spiro atoms. The van der Waals surface area contributed by atoms with Crippen molar-refractivity contribution in [3.63, 3.8) is 0 Å². The molecule has 0 N–H and O–H groups in total. The lowest BCUT2D eigenvalue weighted by Gasteiger charge is -2.73. The van der Waals surface area contributed by atoms with Crippen LogP contribution in [0.2, 0.25) is 0 Å². The quantitative estimate of drug-likeness (QED) is 0.620. The maximum Gasteiger partial charge on any atom is 0.137 e. The first kappa shape index (κ1) is 15.6. The summed E-state index contributed by atoms with van der Waals surface area (Å²) in [5, 5.41) is 0. The molecule has 0 saturated heterocycles. The smallest absolute Gasteiger partial charge is 0.137 e. The minimum atomic E-state index is 0.0989. The Balaban J connectivity index is 1.58. The van der Waals surface area contributed by atoms with Crippen molar-refractivity contribution in [1.82, 2.24) is 0 Å². The van der Waals surface area contributed by atoms with Gasteiger partial charge in [0.2, 0.25) is 0 Å². The van der Waals surface area contributed by atoms with Gasteiger partial charge in [-0.25, -0.2) is 0 Å². The molecule has 5 rings (SSSR count). The van der Waals surface area contributed by atoms with Crippen LogP contribution in [0.15, 0.2) is 0 Å². The Kier molecular flexibility index (Phi) is 3.52. The first-order valence-electron chi connectivity index (χ1n) is 10.7. The fraction of sp³-hybridized carbons (Fsp3) is 0.909. The number of carbonyl (C=O) groups excluding carboxylic acids is 2. The monoisotopic (exact) mass is 328 g/mol. The van der Waals surface area contributed by atoms with Crippen molar-refractivity contribution in [3.05, 3.63) is 0 Å². The summed E-state index contributed by atoms with van der Waals surface area (Å²) in [6.07, 6.45) is 16.6. The van der Waals surface area contributed by atoms with Crippen molar-refractivity contribution in [2.45, 2.75) is 89.9 Å². The summed E-state index contributed by atoms with van der Waals surface area (Å²) in [6, 6.07) is 0.